The minimum atomic E-state index is -0.952. The molecule has 0 spiro atoms. The van der Waals surface area contributed by atoms with Crippen LogP contribution in [0.25, 0.3) is 21.3 Å². The van der Waals surface area contributed by atoms with Gasteiger partial charge in [0.2, 0.25) is 0 Å². The number of aryl methyl sites for hydroxylation is 1. The molecule has 0 unspecified atom stereocenters. The van der Waals surface area contributed by atoms with Crippen molar-refractivity contribution in [2.45, 2.75) is 13.8 Å². The summed E-state index contributed by atoms with van der Waals surface area (Å²) in [7, 11) is 0. The zero-order chi connectivity index (χ0) is 20.4. The maximum atomic E-state index is 11.1. The van der Waals surface area contributed by atoms with E-state index in [2.05, 4.69) is 22.2 Å². The first kappa shape index (κ1) is 18.9. The molecule has 0 aliphatic carbocycles. The van der Waals surface area contributed by atoms with Gasteiger partial charge in [0.05, 0.1) is 17.6 Å². The Morgan fingerprint density at radius 3 is 2.48 bits per heavy atom. The number of ether oxygens (including phenoxy) is 1. The fourth-order valence-electron chi connectivity index (χ4n) is 3.20. The lowest BCUT2D eigenvalue weighted by molar-refractivity contribution is 0.0697. The van der Waals surface area contributed by atoms with Gasteiger partial charge in [0.15, 0.2) is 0 Å². The number of thiophene rings is 1. The first-order valence-corrected chi connectivity index (χ1v) is 9.96. The van der Waals surface area contributed by atoms with Crippen molar-refractivity contribution >= 4 is 39.0 Å². The van der Waals surface area contributed by atoms with Gasteiger partial charge in [-0.1, -0.05) is 12.1 Å². The molecule has 0 atom stereocenters. The molecule has 0 bridgehead atoms. The molecular weight excluding hydrogens is 386 g/mol. The molecule has 2 aromatic carbocycles. The van der Waals surface area contributed by atoms with Crippen LogP contribution in [0.4, 0.5) is 11.5 Å². The lowest BCUT2D eigenvalue weighted by atomic mass is 10.0. The van der Waals surface area contributed by atoms with Crippen molar-refractivity contribution in [2.24, 2.45) is 0 Å². The van der Waals surface area contributed by atoms with Crippen molar-refractivity contribution in [1.29, 1.82) is 0 Å². The summed E-state index contributed by atoms with van der Waals surface area (Å²) >= 11 is 1.62. The van der Waals surface area contributed by atoms with Gasteiger partial charge in [-0.25, -0.2) is 14.8 Å². The quantitative estimate of drug-likeness (QED) is 0.440. The molecule has 0 aliphatic rings. The number of carboxylic acids is 1. The minimum absolute atomic E-state index is 0.241. The molecule has 0 saturated carbocycles. The minimum Gasteiger partial charge on any atom is -0.494 e. The summed E-state index contributed by atoms with van der Waals surface area (Å²) in [6, 6.07) is 14.6. The standard InChI is InChI=1S/C22H19N3O3S/c1-3-28-17-10-6-14(7-11-17)18-13(2)29-21-19(18)20(23-12-24-21)25-16-8-4-15(5-9-16)22(26)27/h4-12H,3H2,1-2H3,(H,26,27)(H,23,24,25). The molecule has 2 heterocycles. The molecule has 2 aromatic heterocycles. The Balaban J connectivity index is 1.76. The van der Waals surface area contributed by atoms with Crippen molar-refractivity contribution < 1.29 is 14.6 Å². The van der Waals surface area contributed by atoms with Crippen LogP contribution in [0.2, 0.25) is 0 Å². The molecule has 4 aromatic rings. The van der Waals surface area contributed by atoms with Crippen LogP contribution in [-0.4, -0.2) is 27.7 Å². The molecule has 0 radical (unpaired) electrons. The summed E-state index contributed by atoms with van der Waals surface area (Å²) < 4.78 is 5.55. The molecular formula is C22H19N3O3S. The first-order chi connectivity index (χ1) is 14.1. The third-order valence-electron chi connectivity index (χ3n) is 4.51. The molecule has 4 rings (SSSR count). The van der Waals surface area contributed by atoms with Gasteiger partial charge in [0, 0.05) is 16.1 Å². The smallest absolute Gasteiger partial charge is 0.335 e. The van der Waals surface area contributed by atoms with E-state index in [0.717, 1.165) is 37.7 Å². The third-order valence-corrected chi connectivity index (χ3v) is 5.53. The third kappa shape index (κ3) is 3.77. The van der Waals surface area contributed by atoms with E-state index in [1.165, 1.54) is 6.33 Å². The Morgan fingerprint density at radius 1 is 1.10 bits per heavy atom. The predicted octanol–water partition coefficient (Wildman–Crippen LogP) is 5.51. The Morgan fingerprint density at radius 2 is 1.83 bits per heavy atom. The van der Waals surface area contributed by atoms with Crippen LogP contribution >= 0.6 is 11.3 Å². The summed E-state index contributed by atoms with van der Waals surface area (Å²) in [6.45, 7) is 4.66. The number of nitrogens with one attached hydrogen (secondary N) is 1. The Kier molecular flexibility index (Phi) is 5.14. The van der Waals surface area contributed by atoms with Gasteiger partial charge >= 0.3 is 5.97 Å². The molecule has 0 fully saturated rings. The molecule has 0 aliphatic heterocycles. The number of benzene rings is 2. The summed E-state index contributed by atoms with van der Waals surface area (Å²) in [5, 5.41) is 13.3. The van der Waals surface area contributed by atoms with E-state index in [0.29, 0.717) is 12.4 Å². The summed E-state index contributed by atoms with van der Waals surface area (Å²) in [5.74, 6) is 0.570. The highest BCUT2D eigenvalue weighted by molar-refractivity contribution is 7.19. The number of aromatic carboxylic acids is 1. The number of aromatic nitrogens is 2. The number of rotatable bonds is 6. The molecule has 0 saturated heterocycles. The molecule has 29 heavy (non-hydrogen) atoms. The normalized spacial score (nSPS) is 10.8. The Bertz CT molecular complexity index is 1170. The fourth-order valence-corrected chi connectivity index (χ4v) is 4.22. The van der Waals surface area contributed by atoms with Gasteiger partial charge < -0.3 is 15.2 Å². The highest BCUT2D eigenvalue weighted by atomic mass is 32.1. The number of fused-ring (bicyclic) bond motifs is 1. The highest BCUT2D eigenvalue weighted by Gasteiger charge is 2.17. The molecule has 7 heteroatoms. The Labute approximate surface area is 171 Å². The topological polar surface area (TPSA) is 84.3 Å². The molecule has 146 valence electrons. The second kappa shape index (κ2) is 7.89. The lowest BCUT2D eigenvalue weighted by Gasteiger charge is -2.10. The van der Waals surface area contributed by atoms with Crippen LogP contribution in [-0.2, 0) is 0 Å². The fraction of sp³-hybridized carbons (Fsp3) is 0.136. The van der Waals surface area contributed by atoms with Crippen molar-refractivity contribution in [1.82, 2.24) is 9.97 Å². The average molecular weight is 405 g/mol. The van der Waals surface area contributed by atoms with Crippen molar-refractivity contribution in [3.05, 3.63) is 65.3 Å². The Hall–Kier alpha value is -3.45. The number of carbonyl (C=O) groups is 1. The monoisotopic (exact) mass is 405 g/mol. The number of nitrogens with zero attached hydrogens (tertiary/aromatic N) is 2. The van der Waals surface area contributed by atoms with Gasteiger partial charge in [-0.3, -0.25) is 0 Å². The second-order valence-electron chi connectivity index (χ2n) is 6.40. The van der Waals surface area contributed by atoms with E-state index in [4.69, 9.17) is 9.84 Å². The van der Waals surface area contributed by atoms with E-state index >= 15 is 0 Å². The van der Waals surface area contributed by atoms with Crippen LogP contribution in [0.3, 0.4) is 0 Å². The summed E-state index contributed by atoms with van der Waals surface area (Å²) in [5.41, 5.74) is 3.15. The van der Waals surface area contributed by atoms with Gasteiger partial charge in [0.25, 0.3) is 0 Å². The predicted molar refractivity (Wildman–Crippen MR) is 115 cm³/mol. The van der Waals surface area contributed by atoms with Gasteiger partial charge in [-0.2, -0.15) is 0 Å². The van der Waals surface area contributed by atoms with Crippen LogP contribution in [0.5, 0.6) is 5.75 Å². The number of hydrogen-bond acceptors (Lipinski definition) is 6. The average Bonchev–Trinajstić information content (AvgIpc) is 3.06. The van der Waals surface area contributed by atoms with Gasteiger partial charge in [0.1, 0.15) is 22.7 Å². The van der Waals surface area contributed by atoms with Crippen molar-refractivity contribution in [3.8, 4) is 16.9 Å². The van der Waals surface area contributed by atoms with Gasteiger partial charge in [-0.05, 0) is 55.8 Å². The summed E-state index contributed by atoms with van der Waals surface area (Å²) in [6.07, 6.45) is 1.54. The first-order valence-electron chi connectivity index (χ1n) is 9.14. The van der Waals surface area contributed by atoms with E-state index in [-0.39, 0.29) is 5.56 Å². The van der Waals surface area contributed by atoms with Crippen LogP contribution < -0.4 is 10.1 Å². The number of hydrogen-bond donors (Lipinski definition) is 2. The SMILES string of the molecule is CCOc1ccc(-c2c(C)sc3ncnc(Nc4ccc(C(=O)O)cc4)c23)cc1. The zero-order valence-corrected chi connectivity index (χ0v) is 16.8. The molecule has 0 amide bonds. The molecule has 6 nitrogen and oxygen atoms in total. The maximum Gasteiger partial charge on any atom is 0.335 e. The molecule has 2 N–H and O–H groups in total. The van der Waals surface area contributed by atoms with E-state index < -0.39 is 5.97 Å². The van der Waals surface area contributed by atoms with Crippen LogP contribution in [0.1, 0.15) is 22.2 Å². The zero-order valence-electron chi connectivity index (χ0n) is 16.0. The van der Waals surface area contributed by atoms with E-state index in [1.54, 1.807) is 35.6 Å². The van der Waals surface area contributed by atoms with Crippen LogP contribution in [0, 0.1) is 6.92 Å². The van der Waals surface area contributed by atoms with Crippen molar-refractivity contribution in [2.75, 3.05) is 11.9 Å². The number of carboxylic acid groups (broad SMARTS) is 1. The van der Waals surface area contributed by atoms with Crippen molar-refractivity contribution in [3.63, 3.8) is 0 Å². The van der Waals surface area contributed by atoms with E-state index in [1.807, 2.05) is 31.2 Å². The van der Waals surface area contributed by atoms with E-state index in [9.17, 15) is 4.79 Å². The second-order valence-corrected chi connectivity index (χ2v) is 7.60. The summed E-state index contributed by atoms with van der Waals surface area (Å²) in [4.78, 5) is 22.0. The number of anilines is 2. The lowest BCUT2D eigenvalue weighted by Crippen LogP contribution is -1.98. The largest absolute Gasteiger partial charge is 0.494 e. The van der Waals surface area contributed by atoms with Gasteiger partial charge in [-0.15, -0.1) is 11.3 Å². The van der Waals surface area contributed by atoms with Crippen LogP contribution in [0.15, 0.2) is 54.9 Å². The maximum absolute atomic E-state index is 11.1. The highest BCUT2D eigenvalue weighted by Crippen LogP contribution is 2.41.